The molecule has 0 heterocycles. The van der Waals surface area contributed by atoms with Crippen LogP contribution in [0.4, 0.5) is 0 Å². The summed E-state index contributed by atoms with van der Waals surface area (Å²) in [6.07, 6.45) is 8.22. The summed E-state index contributed by atoms with van der Waals surface area (Å²) in [5, 5.41) is 3.71. The highest BCUT2D eigenvalue weighted by molar-refractivity contribution is 4.89. The van der Waals surface area contributed by atoms with Crippen LogP contribution in [0.15, 0.2) is 0 Å². The first-order valence-corrected chi connectivity index (χ1v) is 8.90. The maximum atomic E-state index is 3.71. The van der Waals surface area contributed by atoms with Crippen molar-refractivity contribution >= 4 is 0 Å². The highest BCUT2D eigenvalue weighted by atomic mass is 15.1. The molecule has 0 radical (unpaired) electrons. The van der Waals surface area contributed by atoms with E-state index < -0.39 is 0 Å². The van der Waals surface area contributed by atoms with E-state index in [9.17, 15) is 0 Å². The average molecular weight is 283 g/mol. The predicted octanol–water partition coefficient (Wildman–Crippen LogP) is 4.16. The second-order valence-electron chi connectivity index (χ2n) is 7.59. The van der Waals surface area contributed by atoms with Crippen molar-refractivity contribution in [2.75, 3.05) is 33.2 Å². The Morgan fingerprint density at radius 2 is 2.10 bits per heavy atom. The Hall–Kier alpha value is -0.0800. The Labute approximate surface area is 127 Å². The van der Waals surface area contributed by atoms with Crippen molar-refractivity contribution in [3.05, 3.63) is 0 Å². The van der Waals surface area contributed by atoms with Gasteiger partial charge in [-0.25, -0.2) is 0 Å². The maximum Gasteiger partial charge on any atom is 0.00473 e. The van der Waals surface area contributed by atoms with Gasteiger partial charge in [-0.1, -0.05) is 47.0 Å². The van der Waals surface area contributed by atoms with Crippen molar-refractivity contribution in [1.82, 2.24) is 10.2 Å². The smallest absolute Gasteiger partial charge is 0.00473 e. The Morgan fingerprint density at radius 3 is 2.70 bits per heavy atom. The monoisotopic (exact) mass is 282 g/mol. The third kappa shape index (κ3) is 6.13. The Bertz CT molecular complexity index is 254. The quantitative estimate of drug-likeness (QED) is 0.639. The van der Waals surface area contributed by atoms with Gasteiger partial charge in [0, 0.05) is 19.6 Å². The van der Waals surface area contributed by atoms with Crippen LogP contribution in [-0.2, 0) is 0 Å². The molecule has 1 fully saturated rings. The molecular weight excluding hydrogens is 244 g/mol. The van der Waals surface area contributed by atoms with Crippen molar-refractivity contribution in [3.63, 3.8) is 0 Å². The zero-order valence-corrected chi connectivity index (χ0v) is 14.7. The van der Waals surface area contributed by atoms with Gasteiger partial charge in [-0.2, -0.15) is 0 Å². The van der Waals surface area contributed by atoms with E-state index in [0.717, 1.165) is 11.8 Å². The molecule has 0 aromatic carbocycles. The molecule has 0 aromatic heterocycles. The molecule has 1 aliphatic rings. The molecule has 0 aliphatic heterocycles. The normalized spacial score (nSPS) is 28.8. The Kier molecular flexibility index (Phi) is 8.13. The summed E-state index contributed by atoms with van der Waals surface area (Å²) in [6, 6.07) is 0. The molecule has 1 N–H and O–H groups in total. The number of nitrogens with zero attached hydrogens (tertiary/aromatic N) is 1. The molecule has 2 nitrogen and oxygen atoms in total. The van der Waals surface area contributed by atoms with Crippen molar-refractivity contribution in [1.29, 1.82) is 0 Å². The molecule has 2 heteroatoms. The fourth-order valence-electron chi connectivity index (χ4n) is 3.96. The first-order chi connectivity index (χ1) is 9.51. The summed E-state index contributed by atoms with van der Waals surface area (Å²) in [4.78, 5) is 2.60. The fourth-order valence-corrected chi connectivity index (χ4v) is 3.96. The van der Waals surface area contributed by atoms with Crippen LogP contribution in [0, 0.1) is 17.3 Å². The van der Waals surface area contributed by atoms with Gasteiger partial charge < -0.3 is 10.2 Å². The van der Waals surface area contributed by atoms with Crippen LogP contribution >= 0.6 is 0 Å². The summed E-state index contributed by atoms with van der Waals surface area (Å²) in [6.45, 7) is 14.3. The SMILES string of the molecule is CCCNCC1(CN(C)CC(C)CC)CCCC(C)C1. The summed E-state index contributed by atoms with van der Waals surface area (Å²) in [5.41, 5.74) is 0.523. The molecule has 0 saturated heterocycles. The number of nitrogens with one attached hydrogen (secondary N) is 1. The highest BCUT2D eigenvalue weighted by Crippen LogP contribution is 2.39. The fraction of sp³-hybridized carbons (Fsp3) is 1.00. The summed E-state index contributed by atoms with van der Waals surface area (Å²) in [7, 11) is 2.33. The number of hydrogen-bond donors (Lipinski definition) is 1. The molecule has 120 valence electrons. The van der Waals surface area contributed by atoms with Crippen molar-refractivity contribution < 1.29 is 0 Å². The maximum absolute atomic E-state index is 3.71. The van der Waals surface area contributed by atoms with Gasteiger partial charge >= 0.3 is 0 Å². The summed E-state index contributed by atoms with van der Waals surface area (Å²) >= 11 is 0. The molecule has 1 aliphatic carbocycles. The first kappa shape index (κ1) is 18.0. The molecule has 0 bridgehead atoms. The van der Waals surface area contributed by atoms with E-state index in [1.807, 2.05) is 0 Å². The van der Waals surface area contributed by atoms with Gasteiger partial charge in [0.05, 0.1) is 0 Å². The van der Waals surface area contributed by atoms with Crippen LogP contribution in [0.2, 0.25) is 0 Å². The van der Waals surface area contributed by atoms with E-state index in [0.29, 0.717) is 5.41 Å². The minimum atomic E-state index is 0.523. The van der Waals surface area contributed by atoms with Crippen LogP contribution in [-0.4, -0.2) is 38.1 Å². The predicted molar refractivity (Wildman–Crippen MR) is 90.2 cm³/mol. The third-order valence-corrected chi connectivity index (χ3v) is 5.04. The van der Waals surface area contributed by atoms with E-state index in [-0.39, 0.29) is 0 Å². The van der Waals surface area contributed by atoms with E-state index in [4.69, 9.17) is 0 Å². The van der Waals surface area contributed by atoms with Gasteiger partial charge in [0.1, 0.15) is 0 Å². The minimum Gasteiger partial charge on any atom is -0.316 e. The minimum absolute atomic E-state index is 0.523. The van der Waals surface area contributed by atoms with Crippen molar-refractivity contribution in [2.45, 2.75) is 66.2 Å². The van der Waals surface area contributed by atoms with Crippen molar-refractivity contribution in [3.8, 4) is 0 Å². The summed E-state index contributed by atoms with van der Waals surface area (Å²) in [5.74, 6) is 1.73. The molecule has 0 amide bonds. The molecule has 3 atom stereocenters. The van der Waals surface area contributed by atoms with E-state index >= 15 is 0 Å². The van der Waals surface area contributed by atoms with E-state index in [1.54, 1.807) is 0 Å². The second kappa shape index (κ2) is 9.04. The molecular formula is C18H38N2. The molecule has 20 heavy (non-hydrogen) atoms. The topological polar surface area (TPSA) is 15.3 Å². The number of hydrogen-bond acceptors (Lipinski definition) is 2. The van der Waals surface area contributed by atoms with E-state index in [1.165, 1.54) is 64.7 Å². The van der Waals surface area contributed by atoms with Crippen LogP contribution < -0.4 is 5.32 Å². The Morgan fingerprint density at radius 1 is 1.35 bits per heavy atom. The largest absolute Gasteiger partial charge is 0.316 e. The summed E-state index contributed by atoms with van der Waals surface area (Å²) < 4.78 is 0. The van der Waals surface area contributed by atoms with Crippen molar-refractivity contribution in [2.24, 2.45) is 17.3 Å². The van der Waals surface area contributed by atoms with E-state index in [2.05, 4.69) is 45.0 Å². The van der Waals surface area contributed by atoms with Crippen LogP contribution in [0.5, 0.6) is 0 Å². The molecule has 3 unspecified atom stereocenters. The van der Waals surface area contributed by atoms with Crippen LogP contribution in [0.25, 0.3) is 0 Å². The molecule has 1 rings (SSSR count). The average Bonchev–Trinajstić information content (AvgIpc) is 2.38. The zero-order valence-electron chi connectivity index (χ0n) is 14.7. The third-order valence-electron chi connectivity index (χ3n) is 5.04. The molecule has 0 aromatic rings. The number of rotatable bonds is 9. The standard InChI is InChI=1S/C18H38N2/c1-6-11-19-14-18(10-8-9-17(4)12-18)15-20(5)13-16(3)7-2/h16-17,19H,6-15H2,1-5H3. The highest BCUT2D eigenvalue weighted by Gasteiger charge is 2.35. The van der Waals surface area contributed by atoms with Gasteiger partial charge in [-0.3, -0.25) is 0 Å². The van der Waals surface area contributed by atoms with Gasteiger partial charge in [0.15, 0.2) is 0 Å². The lowest BCUT2D eigenvalue weighted by molar-refractivity contribution is 0.0858. The zero-order chi connectivity index (χ0) is 15.0. The lowest BCUT2D eigenvalue weighted by atomic mass is 9.69. The van der Waals surface area contributed by atoms with Gasteiger partial charge in [0.2, 0.25) is 0 Å². The molecule has 0 spiro atoms. The molecule has 1 saturated carbocycles. The lowest BCUT2D eigenvalue weighted by Gasteiger charge is -2.43. The van der Waals surface area contributed by atoms with Gasteiger partial charge in [-0.05, 0) is 50.1 Å². The van der Waals surface area contributed by atoms with Gasteiger partial charge in [-0.15, -0.1) is 0 Å². The lowest BCUT2D eigenvalue weighted by Crippen LogP contribution is -2.46. The van der Waals surface area contributed by atoms with Gasteiger partial charge in [0.25, 0.3) is 0 Å². The van der Waals surface area contributed by atoms with Crippen LogP contribution in [0.1, 0.15) is 66.2 Å². The Balaban J connectivity index is 2.57. The second-order valence-corrected chi connectivity index (χ2v) is 7.59. The van der Waals surface area contributed by atoms with Crippen LogP contribution in [0.3, 0.4) is 0 Å². The first-order valence-electron chi connectivity index (χ1n) is 8.90.